The lowest BCUT2D eigenvalue weighted by molar-refractivity contribution is 0.404. The first-order valence-corrected chi connectivity index (χ1v) is 7.69. The van der Waals surface area contributed by atoms with Crippen molar-refractivity contribution in [3.8, 4) is 11.5 Å². The van der Waals surface area contributed by atoms with Crippen molar-refractivity contribution < 1.29 is 9.84 Å². The van der Waals surface area contributed by atoms with Gasteiger partial charge in [-0.3, -0.25) is 0 Å². The van der Waals surface area contributed by atoms with Gasteiger partial charge in [0.25, 0.3) is 0 Å². The zero-order chi connectivity index (χ0) is 14.5. The van der Waals surface area contributed by atoms with E-state index in [0.717, 1.165) is 18.5 Å². The molecule has 2 aromatic rings. The molecule has 0 saturated heterocycles. The highest BCUT2D eigenvalue weighted by molar-refractivity contribution is 7.10. The predicted octanol–water partition coefficient (Wildman–Crippen LogP) is 3.88. The molecule has 0 aliphatic rings. The first-order chi connectivity index (χ1) is 9.65. The summed E-state index contributed by atoms with van der Waals surface area (Å²) in [5.74, 6) is 0.941. The van der Waals surface area contributed by atoms with Crippen molar-refractivity contribution in [3.05, 3.63) is 45.6 Å². The van der Waals surface area contributed by atoms with Crippen LogP contribution in [0.25, 0.3) is 0 Å². The molecule has 4 heteroatoms. The van der Waals surface area contributed by atoms with Crippen LogP contribution < -0.4 is 10.1 Å². The van der Waals surface area contributed by atoms with Crippen LogP contribution in [0, 0.1) is 0 Å². The molecule has 0 fully saturated rings. The minimum Gasteiger partial charge on any atom is -0.507 e. The molecule has 2 rings (SSSR count). The van der Waals surface area contributed by atoms with E-state index in [0.29, 0.717) is 5.75 Å². The van der Waals surface area contributed by atoms with E-state index in [1.807, 2.05) is 12.1 Å². The fourth-order valence-electron chi connectivity index (χ4n) is 2.21. The predicted molar refractivity (Wildman–Crippen MR) is 83.6 cm³/mol. The SMILES string of the molecule is CCc1ccsc1CNC(C)c1ccc(OC)cc1O. The number of benzene rings is 1. The molecule has 3 nitrogen and oxygen atoms in total. The summed E-state index contributed by atoms with van der Waals surface area (Å²) in [6.45, 7) is 5.05. The van der Waals surface area contributed by atoms with Crippen molar-refractivity contribution in [3.63, 3.8) is 0 Å². The van der Waals surface area contributed by atoms with Gasteiger partial charge in [-0.15, -0.1) is 11.3 Å². The Hall–Kier alpha value is -1.52. The fraction of sp³-hybridized carbons (Fsp3) is 0.375. The Kier molecular flexibility index (Phi) is 5.04. The van der Waals surface area contributed by atoms with E-state index in [2.05, 4.69) is 30.6 Å². The largest absolute Gasteiger partial charge is 0.507 e. The lowest BCUT2D eigenvalue weighted by Gasteiger charge is -2.16. The van der Waals surface area contributed by atoms with Crippen LogP contribution in [0.4, 0.5) is 0 Å². The number of hydrogen-bond donors (Lipinski definition) is 2. The molecule has 2 N–H and O–H groups in total. The standard InChI is InChI=1S/C16H21NO2S/c1-4-12-7-8-20-16(12)10-17-11(2)14-6-5-13(19-3)9-15(14)18/h5-9,11,17-18H,4,10H2,1-3H3. The molecule has 0 bridgehead atoms. The lowest BCUT2D eigenvalue weighted by Crippen LogP contribution is -2.18. The minimum absolute atomic E-state index is 0.0905. The minimum atomic E-state index is 0.0905. The van der Waals surface area contributed by atoms with Gasteiger partial charge in [-0.2, -0.15) is 0 Å². The van der Waals surface area contributed by atoms with E-state index in [9.17, 15) is 5.11 Å². The van der Waals surface area contributed by atoms with Crippen LogP contribution in [-0.2, 0) is 13.0 Å². The third-order valence-corrected chi connectivity index (χ3v) is 4.45. The van der Waals surface area contributed by atoms with E-state index in [-0.39, 0.29) is 11.8 Å². The van der Waals surface area contributed by atoms with Crippen LogP contribution in [0.15, 0.2) is 29.6 Å². The molecule has 0 amide bonds. The van der Waals surface area contributed by atoms with Gasteiger partial charge in [0.15, 0.2) is 0 Å². The highest BCUT2D eigenvalue weighted by atomic mass is 32.1. The summed E-state index contributed by atoms with van der Waals surface area (Å²) >= 11 is 1.78. The molecular formula is C16H21NO2S. The van der Waals surface area contributed by atoms with Crippen LogP contribution in [0.5, 0.6) is 11.5 Å². The van der Waals surface area contributed by atoms with Gasteiger partial charge in [-0.05, 0) is 36.4 Å². The highest BCUT2D eigenvalue weighted by Crippen LogP contribution is 2.28. The average molecular weight is 291 g/mol. The Morgan fingerprint density at radius 3 is 2.80 bits per heavy atom. The Morgan fingerprint density at radius 2 is 2.15 bits per heavy atom. The number of phenolic OH excluding ortho intramolecular Hbond substituents is 1. The molecule has 0 radical (unpaired) electrons. The second kappa shape index (κ2) is 6.77. The maximum Gasteiger partial charge on any atom is 0.124 e. The molecule has 1 aromatic heterocycles. The summed E-state index contributed by atoms with van der Waals surface area (Å²) in [5.41, 5.74) is 2.29. The molecule has 0 spiro atoms. The average Bonchev–Trinajstić information content (AvgIpc) is 2.92. The summed E-state index contributed by atoms with van der Waals surface area (Å²) in [6.07, 6.45) is 1.06. The van der Waals surface area contributed by atoms with Gasteiger partial charge in [0.2, 0.25) is 0 Å². The molecule has 0 saturated carbocycles. The molecule has 1 atom stereocenters. The number of nitrogens with one attached hydrogen (secondary N) is 1. The molecule has 1 unspecified atom stereocenters. The summed E-state index contributed by atoms with van der Waals surface area (Å²) in [6, 6.07) is 7.69. The topological polar surface area (TPSA) is 41.5 Å². The molecule has 1 aromatic carbocycles. The van der Waals surface area contributed by atoms with Crippen molar-refractivity contribution in [2.45, 2.75) is 32.9 Å². The van der Waals surface area contributed by atoms with Crippen molar-refractivity contribution in [1.82, 2.24) is 5.32 Å². The molecule has 20 heavy (non-hydrogen) atoms. The summed E-state index contributed by atoms with van der Waals surface area (Å²) in [5, 5.41) is 15.6. The first kappa shape index (κ1) is 14.9. The molecule has 108 valence electrons. The second-order valence-electron chi connectivity index (χ2n) is 4.75. The molecule has 0 aliphatic heterocycles. The van der Waals surface area contributed by atoms with Crippen LogP contribution in [0.3, 0.4) is 0 Å². The summed E-state index contributed by atoms with van der Waals surface area (Å²) in [4.78, 5) is 1.37. The highest BCUT2D eigenvalue weighted by Gasteiger charge is 2.12. The van der Waals surface area contributed by atoms with Crippen LogP contribution >= 0.6 is 11.3 Å². The summed E-state index contributed by atoms with van der Waals surface area (Å²) < 4.78 is 5.10. The maximum atomic E-state index is 10.0. The van der Waals surface area contributed by atoms with E-state index in [4.69, 9.17) is 4.74 Å². The zero-order valence-corrected chi connectivity index (χ0v) is 13.0. The number of phenols is 1. The summed E-state index contributed by atoms with van der Waals surface area (Å²) in [7, 11) is 1.60. The van der Waals surface area contributed by atoms with Crippen LogP contribution in [0.1, 0.15) is 35.9 Å². The number of rotatable bonds is 6. The number of aromatic hydroxyl groups is 1. The Bertz CT molecular complexity index is 565. The smallest absolute Gasteiger partial charge is 0.124 e. The number of thiophene rings is 1. The number of methoxy groups -OCH3 is 1. The quantitative estimate of drug-likeness (QED) is 0.848. The Labute approximate surface area is 124 Å². The van der Waals surface area contributed by atoms with Gasteiger partial charge >= 0.3 is 0 Å². The maximum absolute atomic E-state index is 10.0. The van der Waals surface area contributed by atoms with Crippen molar-refractivity contribution in [2.75, 3.05) is 7.11 Å². The van der Waals surface area contributed by atoms with Gasteiger partial charge in [0, 0.05) is 29.1 Å². The fourth-order valence-corrected chi connectivity index (χ4v) is 3.14. The Morgan fingerprint density at radius 1 is 1.35 bits per heavy atom. The van der Waals surface area contributed by atoms with Crippen LogP contribution in [0.2, 0.25) is 0 Å². The van der Waals surface area contributed by atoms with Gasteiger partial charge < -0.3 is 15.2 Å². The van der Waals surface area contributed by atoms with Crippen LogP contribution in [-0.4, -0.2) is 12.2 Å². The van der Waals surface area contributed by atoms with Crippen molar-refractivity contribution >= 4 is 11.3 Å². The second-order valence-corrected chi connectivity index (χ2v) is 5.75. The van der Waals surface area contributed by atoms with Crippen molar-refractivity contribution in [2.24, 2.45) is 0 Å². The molecular weight excluding hydrogens is 270 g/mol. The van der Waals surface area contributed by atoms with Gasteiger partial charge in [0.1, 0.15) is 11.5 Å². The van der Waals surface area contributed by atoms with E-state index >= 15 is 0 Å². The third kappa shape index (κ3) is 3.32. The van der Waals surface area contributed by atoms with E-state index in [1.54, 1.807) is 24.5 Å². The van der Waals surface area contributed by atoms with Gasteiger partial charge in [-0.25, -0.2) is 0 Å². The lowest BCUT2D eigenvalue weighted by atomic mass is 10.1. The van der Waals surface area contributed by atoms with E-state index in [1.165, 1.54) is 10.4 Å². The first-order valence-electron chi connectivity index (χ1n) is 6.81. The van der Waals surface area contributed by atoms with Gasteiger partial charge in [0.05, 0.1) is 7.11 Å². The number of ether oxygens (including phenoxy) is 1. The number of aryl methyl sites for hydroxylation is 1. The van der Waals surface area contributed by atoms with Gasteiger partial charge in [-0.1, -0.05) is 13.0 Å². The monoisotopic (exact) mass is 291 g/mol. The Balaban J connectivity index is 2.03. The molecule has 0 aliphatic carbocycles. The normalized spacial score (nSPS) is 12.3. The molecule has 1 heterocycles. The number of hydrogen-bond acceptors (Lipinski definition) is 4. The third-order valence-electron chi connectivity index (χ3n) is 3.49. The van der Waals surface area contributed by atoms with E-state index < -0.39 is 0 Å². The zero-order valence-electron chi connectivity index (χ0n) is 12.1. The van der Waals surface area contributed by atoms with Crippen molar-refractivity contribution in [1.29, 1.82) is 0 Å².